The average Bonchev–Trinajstić information content (AvgIpc) is 3.31. The summed E-state index contributed by atoms with van der Waals surface area (Å²) in [5, 5.41) is 25.5. The zero-order chi connectivity index (χ0) is 25.1. The van der Waals surface area contributed by atoms with Gasteiger partial charge in [0.05, 0.1) is 17.9 Å². The Bertz CT molecular complexity index is 929. The van der Waals surface area contributed by atoms with Crippen LogP contribution in [0.1, 0.15) is 95.6 Å². The molecule has 0 spiro atoms. The first-order valence-electron chi connectivity index (χ1n) is 14.1. The van der Waals surface area contributed by atoms with Crippen LogP contribution in [0.2, 0.25) is 0 Å². The number of carbonyl (C=O) groups is 1. The van der Waals surface area contributed by atoms with E-state index >= 15 is 0 Å². The Balaban J connectivity index is 1.24. The van der Waals surface area contributed by atoms with Crippen LogP contribution in [0, 0.1) is 60.2 Å². The van der Waals surface area contributed by atoms with Gasteiger partial charge in [0, 0.05) is 11.3 Å². The molecule has 6 heteroatoms. The van der Waals surface area contributed by atoms with Crippen LogP contribution in [0.15, 0.2) is 0 Å². The topological polar surface area (TPSA) is 82.5 Å². The molecule has 5 nitrogen and oxygen atoms in total. The minimum absolute atomic E-state index is 0.0789. The summed E-state index contributed by atoms with van der Waals surface area (Å²) in [6.07, 6.45) is 9.75. The summed E-state index contributed by atoms with van der Waals surface area (Å²) in [5.74, 6) is 3.25. The van der Waals surface area contributed by atoms with E-state index < -0.39 is 0 Å². The summed E-state index contributed by atoms with van der Waals surface area (Å²) >= 11 is 1.55. The molecule has 10 atom stereocenters. The van der Waals surface area contributed by atoms with Crippen LogP contribution in [0.4, 0.5) is 5.13 Å². The molecular formula is C29H46N2O3S. The van der Waals surface area contributed by atoms with Crippen molar-refractivity contribution in [1.29, 1.82) is 0 Å². The molecule has 35 heavy (non-hydrogen) atoms. The number of anilines is 1. The van der Waals surface area contributed by atoms with E-state index in [0.717, 1.165) is 47.8 Å². The van der Waals surface area contributed by atoms with E-state index in [0.29, 0.717) is 41.9 Å². The van der Waals surface area contributed by atoms with Crippen molar-refractivity contribution in [2.24, 2.45) is 46.3 Å². The first-order valence-corrected chi connectivity index (χ1v) is 14.9. The fraction of sp³-hybridized carbons (Fsp3) is 0.862. The van der Waals surface area contributed by atoms with Crippen molar-refractivity contribution in [3.05, 3.63) is 10.6 Å². The van der Waals surface area contributed by atoms with Crippen molar-refractivity contribution in [3.63, 3.8) is 0 Å². The van der Waals surface area contributed by atoms with E-state index in [9.17, 15) is 15.0 Å². The molecule has 4 saturated carbocycles. The summed E-state index contributed by atoms with van der Waals surface area (Å²) < 4.78 is 0. The molecule has 5 rings (SSSR count). The SMILES string of the molecule is Cc1nc(NC(=O)CC[C@H](C)[C@@H]2CC[C@@H]3[C@H]4[C@H](O)C[C@H]5C[C@@H](O)CC[C@@]5(C)[C@@H]4CC[C@]32C)sc1C. The number of amides is 1. The number of aryl methyl sites for hydroxylation is 2. The summed E-state index contributed by atoms with van der Waals surface area (Å²) in [5.41, 5.74) is 1.53. The van der Waals surface area contributed by atoms with Crippen LogP contribution < -0.4 is 5.32 Å². The third-order valence-corrected chi connectivity index (χ3v) is 12.5. The second-order valence-electron chi connectivity index (χ2n) is 13.2. The van der Waals surface area contributed by atoms with E-state index in [1.807, 2.05) is 13.8 Å². The van der Waals surface area contributed by atoms with E-state index in [1.165, 1.54) is 25.7 Å². The fourth-order valence-electron chi connectivity index (χ4n) is 9.44. The zero-order valence-electron chi connectivity index (χ0n) is 22.3. The monoisotopic (exact) mass is 502 g/mol. The molecule has 0 saturated heterocycles. The Morgan fingerprint density at radius 2 is 1.80 bits per heavy atom. The zero-order valence-corrected chi connectivity index (χ0v) is 23.2. The molecule has 4 aliphatic rings. The van der Waals surface area contributed by atoms with Gasteiger partial charge in [0.2, 0.25) is 5.91 Å². The highest BCUT2D eigenvalue weighted by Gasteiger charge is 2.62. The Labute approximate surface area is 215 Å². The first-order chi connectivity index (χ1) is 16.5. The average molecular weight is 503 g/mol. The van der Waals surface area contributed by atoms with E-state index in [4.69, 9.17) is 0 Å². The highest BCUT2D eigenvalue weighted by atomic mass is 32.1. The summed E-state index contributed by atoms with van der Waals surface area (Å²) in [4.78, 5) is 18.3. The van der Waals surface area contributed by atoms with E-state index in [1.54, 1.807) is 11.3 Å². The minimum atomic E-state index is -0.224. The number of aromatic nitrogens is 1. The maximum atomic E-state index is 12.6. The molecule has 0 radical (unpaired) electrons. The van der Waals surface area contributed by atoms with Crippen molar-refractivity contribution >= 4 is 22.4 Å². The molecule has 0 aromatic carbocycles. The van der Waals surface area contributed by atoms with Crippen molar-refractivity contribution in [2.75, 3.05) is 5.32 Å². The van der Waals surface area contributed by atoms with Gasteiger partial charge in [0.15, 0.2) is 5.13 Å². The molecule has 1 heterocycles. The van der Waals surface area contributed by atoms with Crippen LogP contribution >= 0.6 is 11.3 Å². The molecule has 1 aromatic rings. The Hall–Kier alpha value is -0.980. The normalized spacial score (nSPS) is 43.7. The van der Waals surface area contributed by atoms with Gasteiger partial charge in [-0.15, -0.1) is 11.3 Å². The van der Waals surface area contributed by atoms with Crippen LogP contribution in [-0.4, -0.2) is 33.3 Å². The smallest absolute Gasteiger partial charge is 0.226 e. The molecule has 4 fully saturated rings. The molecular weight excluding hydrogens is 456 g/mol. The van der Waals surface area contributed by atoms with Gasteiger partial charge in [0.1, 0.15) is 0 Å². The number of aliphatic hydroxyl groups is 2. The van der Waals surface area contributed by atoms with Crippen LogP contribution in [0.3, 0.4) is 0 Å². The van der Waals surface area contributed by atoms with Gasteiger partial charge in [-0.1, -0.05) is 20.8 Å². The number of thiazole rings is 1. The van der Waals surface area contributed by atoms with Crippen molar-refractivity contribution in [3.8, 4) is 0 Å². The van der Waals surface area contributed by atoms with Crippen LogP contribution in [0.25, 0.3) is 0 Å². The molecule has 1 amide bonds. The molecule has 3 N–H and O–H groups in total. The number of fused-ring (bicyclic) bond motifs is 5. The predicted molar refractivity (Wildman–Crippen MR) is 141 cm³/mol. The Morgan fingerprint density at radius 1 is 1.09 bits per heavy atom. The number of nitrogens with zero attached hydrogens (tertiary/aromatic N) is 1. The predicted octanol–water partition coefficient (Wildman–Crippen LogP) is 6.11. The summed E-state index contributed by atoms with van der Waals surface area (Å²) in [6, 6.07) is 0. The fourth-order valence-corrected chi connectivity index (χ4v) is 10.3. The van der Waals surface area contributed by atoms with E-state index in [-0.39, 0.29) is 28.9 Å². The molecule has 196 valence electrons. The number of nitrogens with one attached hydrogen (secondary N) is 1. The van der Waals surface area contributed by atoms with Gasteiger partial charge >= 0.3 is 0 Å². The van der Waals surface area contributed by atoms with Crippen molar-refractivity contribution < 1.29 is 15.0 Å². The lowest BCUT2D eigenvalue weighted by atomic mass is 9.43. The number of aliphatic hydroxyl groups excluding tert-OH is 2. The quantitative estimate of drug-likeness (QED) is 0.454. The van der Waals surface area contributed by atoms with Gasteiger partial charge < -0.3 is 15.5 Å². The van der Waals surface area contributed by atoms with Gasteiger partial charge in [-0.05, 0) is 118 Å². The molecule has 4 aliphatic carbocycles. The van der Waals surface area contributed by atoms with Gasteiger partial charge in [0.25, 0.3) is 0 Å². The highest BCUT2D eigenvalue weighted by molar-refractivity contribution is 7.15. The Morgan fingerprint density at radius 3 is 2.51 bits per heavy atom. The standard InChI is InChI=1S/C29H46N2O3S/c1-16(6-9-25(34)31-27-30-17(2)18(3)35-27)21-7-8-22-26-23(11-13-29(21,22)5)28(4)12-10-20(32)14-19(28)15-24(26)33/h16,19-24,26,32-33H,6-15H2,1-5H3,(H,30,31,34)/t16-,19+,20-,21-,22+,23+,24+,26+,28+,29-/m0/s1. The summed E-state index contributed by atoms with van der Waals surface area (Å²) in [6.45, 7) is 11.4. The third-order valence-electron chi connectivity index (χ3n) is 11.5. The molecule has 0 aliphatic heterocycles. The third kappa shape index (κ3) is 4.40. The number of rotatable bonds is 5. The maximum absolute atomic E-state index is 12.6. The lowest BCUT2D eigenvalue weighted by Gasteiger charge is -2.62. The van der Waals surface area contributed by atoms with Gasteiger partial charge in [-0.25, -0.2) is 4.98 Å². The van der Waals surface area contributed by atoms with Crippen molar-refractivity contribution in [1.82, 2.24) is 4.98 Å². The lowest BCUT2D eigenvalue weighted by molar-refractivity contribution is -0.174. The number of hydrogen-bond acceptors (Lipinski definition) is 5. The van der Waals surface area contributed by atoms with Crippen molar-refractivity contribution in [2.45, 2.75) is 111 Å². The second kappa shape index (κ2) is 9.40. The highest BCUT2D eigenvalue weighted by Crippen LogP contribution is 2.68. The lowest BCUT2D eigenvalue weighted by Crippen LogP contribution is -2.58. The van der Waals surface area contributed by atoms with Crippen LogP contribution in [0.5, 0.6) is 0 Å². The van der Waals surface area contributed by atoms with Gasteiger partial charge in [-0.3, -0.25) is 4.79 Å². The summed E-state index contributed by atoms with van der Waals surface area (Å²) in [7, 11) is 0. The molecule has 1 aromatic heterocycles. The molecule has 0 unspecified atom stereocenters. The molecule has 0 bridgehead atoms. The minimum Gasteiger partial charge on any atom is -0.393 e. The number of hydrogen-bond donors (Lipinski definition) is 3. The first kappa shape index (κ1) is 25.7. The number of carbonyl (C=O) groups excluding carboxylic acids is 1. The van der Waals surface area contributed by atoms with Gasteiger partial charge in [-0.2, -0.15) is 0 Å². The van der Waals surface area contributed by atoms with Crippen LogP contribution in [-0.2, 0) is 4.79 Å². The van der Waals surface area contributed by atoms with E-state index in [2.05, 4.69) is 31.1 Å². The second-order valence-corrected chi connectivity index (χ2v) is 14.4. The Kier molecular flexibility index (Phi) is 6.89. The largest absolute Gasteiger partial charge is 0.393 e. The maximum Gasteiger partial charge on any atom is 0.226 e.